The quantitative estimate of drug-likeness (QED) is 0.892. The summed E-state index contributed by atoms with van der Waals surface area (Å²) in [7, 11) is 0. The largest absolute Gasteiger partial charge is 0.378 e. The zero-order chi connectivity index (χ0) is 18.0. The minimum Gasteiger partial charge on any atom is -0.378 e. The minimum absolute atomic E-state index is 0.0517. The maximum absolute atomic E-state index is 12.9. The van der Waals surface area contributed by atoms with Gasteiger partial charge in [0.25, 0.3) is 11.5 Å². The Hall–Kier alpha value is -2.48. The number of nitrogens with zero attached hydrogens (tertiary/aromatic N) is 4. The Morgan fingerprint density at radius 2 is 2.04 bits per heavy atom. The lowest BCUT2D eigenvalue weighted by Crippen LogP contribution is -2.41. The number of hydrogen-bond donors (Lipinski definition) is 1. The standard InChI is InChI=1S/C17H23N5O3/c1-4-5-14-13(16(24)21-6-8-25-9-7-21)10-18-22(14)17-19-12(3)11(2)15(23)20-17/h10H,4-9H2,1-3H3,(H,19,20,23). The average Bonchev–Trinajstić information content (AvgIpc) is 3.03. The predicted octanol–water partition coefficient (Wildman–Crippen LogP) is 0.997. The van der Waals surface area contributed by atoms with Crippen LogP contribution in [0.4, 0.5) is 0 Å². The van der Waals surface area contributed by atoms with Gasteiger partial charge in [-0.05, 0) is 20.3 Å². The van der Waals surface area contributed by atoms with Crippen molar-refractivity contribution in [2.45, 2.75) is 33.6 Å². The number of H-pyrrole nitrogens is 1. The number of ether oxygens (including phenoxy) is 1. The maximum atomic E-state index is 12.9. The number of nitrogens with one attached hydrogen (secondary N) is 1. The lowest BCUT2D eigenvalue weighted by atomic mass is 10.1. The van der Waals surface area contributed by atoms with Gasteiger partial charge in [-0.3, -0.25) is 14.6 Å². The molecular weight excluding hydrogens is 322 g/mol. The molecule has 0 aromatic carbocycles. The van der Waals surface area contributed by atoms with E-state index >= 15 is 0 Å². The fraction of sp³-hybridized carbons (Fsp3) is 0.529. The molecule has 1 saturated heterocycles. The maximum Gasteiger partial charge on any atom is 0.257 e. The Morgan fingerprint density at radius 3 is 2.68 bits per heavy atom. The molecule has 8 nitrogen and oxygen atoms in total. The number of hydrogen-bond acceptors (Lipinski definition) is 5. The highest BCUT2D eigenvalue weighted by Crippen LogP contribution is 2.17. The summed E-state index contributed by atoms with van der Waals surface area (Å²) in [6.45, 7) is 7.81. The Kier molecular flexibility index (Phi) is 4.98. The SMILES string of the molecule is CCCc1c(C(=O)N2CCOCC2)cnn1-c1nc(C)c(C)c(=O)[nH]1. The number of morpholine rings is 1. The summed E-state index contributed by atoms with van der Waals surface area (Å²) in [4.78, 5) is 33.9. The lowest BCUT2D eigenvalue weighted by Gasteiger charge is -2.26. The highest BCUT2D eigenvalue weighted by atomic mass is 16.5. The number of rotatable bonds is 4. The van der Waals surface area contributed by atoms with E-state index in [0.717, 1.165) is 12.1 Å². The van der Waals surface area contributed by atoms with Crippen LogP contribution in [0.2, 0.25) is 0 Å². The Morgan fingerprint density at radius 1 is 1.32 bits per heavy atom. The number of carbonyl (C=O) groups excluding carboxylic acids is 1. The molecule has 3 heterocycles. The molecule has 1 aliphatic heterocycles. The van der Waals surface area contributed by atoms with Crippen LogP contribution < -0.4 is 5.56 Å². The number of carbonyl (C=O) groups is 1. The van der Waals surface area contributed by atoms with Gasteiger partial charge in [-0.15, -0.1) is 0 Å². The molecule has 0 aliphatic carbocycles. The Labute approximate surface area is 145 Å². The van der Waals surface area contributed by atoms with Crippen LogP contribution in [-0.4, -0.2) is 56.9 Å². The molecule has 0 spiro atoms. The third-order valence-electron chi connectivity index (χ3n) is 4.47. The fourth-order valence-electron chi connectivity index (χ4n) is 2.88. The van der Waals surface area contributed by atoms with Crippen LogP contribution in [0, 0.1) is 13.8 Å². The summed E-state index contributed by atoms with van der Waals surface area (Å²) in [6.07, 6.45) is 3.09. The van der Waals surface area contributed by atoms with Crippen molar-refractivity contribution >= 4 is 5.91 Å². The van der Waals surface area contributed by atoms with Crippen molar-refractivity contribution < 1.29 is 9.53 Å². The van der Waals surface area contributed by atoms with Gasteiger partial charge in [0.1, 0.15) is 0 Å². The van der Waals surface area contributed by atoms with Gasteiger partial charge in [0.05, 0.1) is 30.7 Å². The lowest BCUT2D eigenvalue weighted by molar-refractivity contribution is 0.0302. The molecule has 8 heteroatoms. The first kappa shape index (κ1) is 17.3. The van der Waals surface area contributed by atoms with Gasteiger partial charge in [0.2, 0.25) is 5.95 Å². The third-order valence-corrected chi connectivity index (χ3v) is 4.47. The van der Waals surface area contributed by atoms with Crippen LogP contribution in [0.25, 0.3) is 5.95 Å². The molecule has 1 amide bonds. The van der Waals surface area contributed by atoms with Crippen LogP contribution in [0.1, 0.15) is 40.7 Å². The van der Waals surface area contributed by atoms with E-state index in [9.17, 15) is 9.59 Å². The van der Waals surface area contributed by atoms with Gasteiger partial charge in [0, 0.05) is 24.3 Å². The summed E-state index contributed by atoms with van der Waals surface area (Å²) < 4.78 is 6.89. The van der Waals surface area contributed by atoms with E-state index in [-0.39, 0.29) is 11.5 Å². The number of aromatic amines is 1. The van der Waals surface area contributed by atoms with Gasteiger partial charge in [-0.1, -0.05) is 13.3 Å². The third kappa shape index (κ3) is 3.34. The Bertz CT molecular complexity index is 833. The van der Waals surface area contributed by atoms with Crippen LogP contribution in [0.15, 0.2) is 11.0 Å². The van der Waals surface area contributed by atoms with Crippen LogP contribution in [-0.2, 0) is 11.2 Å². The van der Waals surface area contributed by atoms with Crippen molar-refractivity contribution in [2.75, 3.05) is 26.3 Å². The molecule has 2 aromatic rings. The van der Waals surface area contributed by atoms with E-state index in [2.05, 4.69) is 15.1 Å². The summed E-state index contributed by atoms with van der Waals surface area (Å²) >= 11 is 0. The minimum atomic E-state index is -0.193. The summed E-state index contributed by atoms with van der Waals surface area (Å²) in [5.74, 6) is 0.293. The topological polar surface area (TPSA) is 93.1 Å². The van der Waals surface area contributed by atoms with Crippen molar-refractivity contribution in [2.24, 2.45) is 0 Å². The first-order valence-corrected chi connectivity index (χ1v) is 8.54. The zero-order valence-electron chi connectivity index (χ0n) is 14.8. The molecule has 134 valence electrons. The van der Waals surface area contributed by atoms with Crippen LogP contribution in [0.5, 0.6) is 0 Å². The molecule has 1 aliphatic rings. The van der Waals surface area contributed by atoms with Gasteiger partial charge in [-0.25, -0.2) is 9.67 Å². The fourth-order valence-corrected chi connectivity index (χ4v) is 2.88. The molecule has 3 rings (SSSR count). The van der Waals surface area contributed by atoms with Gasteiger partial charge >= 0.3 is 0 Å². The van der Waals surface area contributed by atoms with Crippen molar-refractivity contribution in [1.29, 1.82) is 0 Å². The molecule has 25 heavy (non-hydrogen) atoms. The second kappa shape index (κ2) is 7.18. The van der Waals surface area contributed by atoms with E-state index in [1.165, 1.54) is 0 Å². The van der Waals surface area contributed by atoms with E-state index in [4.69, 9.17) is 4.74 Å². The second-order valence-corrected chi connectivity index (χ2v) is 6.17. The smallest absolute Gasteiger partial charge is 0.257 e. The van der Waals surface area contributed by atoms with Crippen molar-refractivity contribution in [3.63, 3.8) is 0 Å². The van der Waals surface area contributed by atoms with Crippen molar-refractivity contribution in [3.05, 3.63) is 39.1 Å². The van der Waals surface area contributed by atoms with Gasteiger partial charge in [-0.2, -0.15) is 5.10 Å². The molecular formula is C17H23N5O3. The number of amides is 1. The van der Waals surface area contributed by atoms with E-state index in [0.29, 0.717) is 55.5 Å². The normalized spacial score (nSPS) is 14.8. The van der Waals surface area contributed by atoms with Gasteiger partial charge < -0.3 is 9.64 Å². The summed E-state index contributed by atoms with van der Waals surface area (Å²) in [5.41, 5.74) is 2.37. The van der Waals surface area contributed by atoms with Crippen molar-refractivity contribution in [3.8, 4) is 5.95 Å². The van der Waals surface area contributed by atoms with E-state index in [1.807, 2.05) is 6.92 Å². The monoisotopic (exact) mass is 345 g/mol. The predicted molar refractivity (Wildman–Crippen MR) is 92.2 cm³/mol. The molecule has 0 radical (unpaired) electrons. The molecule has 0 unspecified atom stereocenters. The first-order valence-electron chi connectivity index (χ1n) is 8.54. The first-order chi connectivity index (χ1) is 12.0. The average molecular weight is 345 g/mol. The molecule has 0 atom stereocenters. The second-order valence-electron chi connectivity index (χ2n) is 6.17. The summed E-state index contributed by atoms with van der Waals surface area (Å²) in [6, 6.07) is 0. The van der Waals surface area contributed by atoms with E-state index in [1.54, 1.807) is 29.6 Å². The molecule has 0 saturated carbocycles. The highest BCUT2D eigenvalue weighted by molar-refractivity contribution is 5.95. The molecule has 0 bridgehead atoms. The van der Waals surface area contributed by atoms with Crippen LogP contribution >= 0.6 is 0 Å². The number of aryl methyl sites for hydroxylation is 1. The van der Waals surface area contributed by atoms with Gasteiger partial charge in [0.15, 0.2) is 0 Å². The zero-order valence-corrected chi connectivity index (χ0v) is 14.8. The van der Waals surface area contributed by atoms with Crippen LogP contribution in [0.3, 0.4) is 0 Å². The van der Waals surface area contributed by atoms with Crippen molar-refractivity contribution in [1.82, 2.24) is 24.6 Å². The van der Waals surface area contributed by atoms with E-state index < -0.39 is 0 Å². The molecule has 2 aromatic heterocycles. The highest BCUT2D eigenvalue weighted by Gasteiger charge is 2.25. The summed E-state index contributed by atoms with van der Waals surface area (Å²) in [5, 5.41) is 4.34. The number of aromatic nitrogens is 4. The molecule has 1 N–H and O–H groups in total. The Balaban J connectivity index is 2.02. The molecule has 1 fully saturated rings.